The Morgan fingerprint density at radius 1 is 1.12 bits per heavy atom. The standard InChI is InChI=1S/C18H16ClN3O3/c1-24-16-6-4-3-5-14(16)21-11-12(10-20)18(23)22-15-9-13(19)7-8-17(15)25-2/h3-9,11,21H,1-2H3,(H,22,23)/b12-11-. The van der Waals surface area contributed by atoms with E-state index < -0.39 is 5.91 Å². The van der Waals surface area contributed by atoms with Crippen molar-refractivity contribution in [3.05, 3.63) is 59.3 Å². The number of methoxy groups -OCH3 is 2. The number of amides is 1. The largest absolute Gasteiger partial charge is 0.495 e. The van der Waals surface area contributed by atoms with Gasteiger partial charge in [0.15, 0.2) is 0 Å². The Labute approximate surface area is 150 Å². The van der Waals surface area contributed by atoms with Crippen LogP contribution in [0.3, 0.4) is 0 Å². The van der Waals surface area contributed by atoms with E-state index in [0.29, 0.717) is 27.9 Å². The van der Waals surface area contributed by atoms with Crippen LogP contribution in [0.15, 0.2) is 54.2 Å². The van der Waals surface area contributed by atoms with Crippen LogP contribution in [-0.2, 0) is 4.79 Å². The molecule has 1 amide bonds. The van der Waals surface area contributed by atoms with Crippen LogP contribution < -0.4 is 20.1 Å². The molecule has 128 valence electrons. The summed E-state index contributed by atoms with van der Waals surface area (Å²) >= 11 is 5.93. The van der Waals surface area contributed by atoms with E-state index >= 15 is 0 Å². The number of ether oxygens (including phenoxy) is 2. The van der Waals surface area contributed by atoms with Crippen LogP contribution in [0.4, 0.5) is 11.4 Å². The first kappa shape index (κ1) is 18.2. The third-order valence-corrected chi connectivity index (χ3v) is 3.49. The maximum atomic E-state index is 12.3. The highest BCUT2D eigenvalue weighted by molar-refractivity contribution is 6.31. The second-order valence-electron chi connectivity index (χ2n) is 4.81. The van der Waals surface area contributed by atoms with Gasteiger partial charge in [-0.15, -0.1) is 0 Å². The maximum Gasteiger partial charge on any atom is 0.267 e. The molecule has 0 fully saturated rings. The van der Waals surface area contributed by atoms with E-state index in [-0.39, 0.29) is 5.57 Å². The summed E-state index contributed by atoms with van der Waals surface area (Å²) in [6, 6.07) is 13.8. The highest BCUT2D eigenvalue weighted by Crippen LogP contribution is 2.28. The lowest BCUT2D eigenvalue weighted by atomic mass is 10.2. The van der Waals surface area contributed by atoms with Gasteiger partial charge in [-0.05, 0) is 30.3 Å². The number of nitrogens with zero attached hydrogens (tertiary/aromatic N) is 1. The van der Waals surface area contributed by atoms with E-state index in [9.17, 15) is 10.1 Å². The number of hydrogen-bond acceptors (Lipinski definition) is 5. The zero-order chi connectivity index (χ0) is 18.2. The number of para-hydroxylation sites is 2. The van der Waals surface area contributed by atoms with Crippen LogP contribution in [0.5, 0.6) is 11.5 Å². The van der Waals surface area contributed by atoms with Crippen molar-refractivity contribution in [2.45, 2.75) is 0 Å². The fourth-order valence-electron chi connectivity index (χ4n) is 2.03. The summed E-state index contributed by atoms with van der Waals surface area (Å²) in [5.41, 5.74) is 0.886. The zero-order valence-corrected chi connectivity index (χ0v) is 14.4. The maximum absolute atomic E-state index is 12.3. The number of anilines is 2. The predicted octanol–water partition coefficient (Wildman–Crippen LogP) is 3.82. The van der Waals surface area contributed by atoms with Crippen molar-refractivity contribution in [2.75, 3.05) is 24.9 Å². The number of nitrogens with one attached hydrogen (secondary N) is 2. The monoisotopic (exact) mass is 357 g/mol. The summed E-state index contributed by atoms with van der Waals surface area (Å²) < 4.78 is 10.4. The predicted molar refractivity (Wildman–Crippen MR) is 96.9 cm³/mol. The van der Waals surface area contributed by atoms with Gasteiger partial charge in [-0.3, -0.25) is 4.79 Å². The van der Waals surface area contributed by atoms with E-state index in [2.05, 4.69) is 10.6 Å². The molecule has 2 rings (SSSR count). The SMILES string of the molecule is COc1ccccc1N/C=C(/C#N)C(=O)Nc1cc(Cl)ccc1OC. The van der Waals surface area contributed by atoms with Crippen LogP contribution in [0.2, 0.25) is 5.02 Å². The van der Waals surface area contributed by atoms with Crippen LogP contribution in [0.1, 0.15) is 0 Å². The molecule has 6 nitrogen and oxygen atoms in total. The van der Waals surface area contributed by atoms with Crippen LogP contribution in [0.25, 0.3) is 0 Å². The highest BCUT2D eigenvalue weighted by Gasteiger charge is 2.13. The normalized spacial score (nSPS) is 10.6. The molecule has 0 aliphatic heterocycles. The first-order chi connectivity index (χ1) is 12.1. The zero-order valence-electron chi connectivity index (χ0n) is 13.7. The molecule has 2 N–H and O–H groups in total. The number of hydrogen-bond donors (Lipinski definition) is 2. The van der Waals surface area contributed by atoms with Gasteiger partial charge in [-0.1, -0.05) is 23.7 Å². The van der Waals surface area contributed by atoms with Crippen molar-refractivity contribution in [1.29, 1.82) is 5.26 Å². The molecular formula is C18H16ClN3O3. The van der Waals surface area contributed by atoms with Gasteiger partial charge in [0, 0.05) is 11.2 Å². The lowest BCUT2D eigenvalue weighted by Crippen LogP contribution is -2.15. The molecule has 7 heteroatoms. The highest BCUT2D eigenvalue weighted by atomic mass is 35.5. The second-order valence-corrected chi connectivity index (χ2v) is 5.25. The molecule has 0 aromatic heterocycles. The molecule has 25 heavy (non-hydrogen) atoms. The minimum absolute atomic E-state index is 0.118. The topological polar surface area (TPSA) is 83.4 Å². The van der Waals surface area contributed by atoms with Crippen molar-refractivity contribution in [2.24, 2.45) is 0 Å². The van der Waals surface area contributed by atoms with Gasteiger partial charge < -0.3 is 20.1 Å². The average Bonchev–Trinajstić information content (AvgIpc) is 2.62. The van der Waals surface area contributed by atoms with Gasteiger partial charge >= 0.3 is 0 Å². The quantitative estimate of drug-likeness (QED) is 0.606. The Hall–Kier alpha value is -3.17. The summed E-state index contributed by atoms with van der Waals surface area (Å²) in [5.74, 6) is 0.436. The summed E-state index contributed by atoms with van der Waals surface area (Å²) in [5, 5.41) is 15.2. The Kier molecular flexibility index (Phi) is 6.26. The lowest BCUT2D eigenvalue weighted by molar-refractivity contribution is -0.112. The van der Waals surface area contributed by atoms with E-state index in [1.165, 1.54) is 20.4 Å². The number of nitriles is 1. The van der Waals surface area contributed by atoms with Crippen molar-refractivity contribution in [3.8, 4) is 17.6 Å². The molecule has 2 aromatic rings. The molecule has 0 spiro atoms. The summed E-state index contributed by atoms with van der Waals surface area (Å²) in [6.07, 6.45) is 1.31. The van der Waals surface area contributed by atoms with Gasteiger partial charge in [0.05, 0.1) is 25.6 Å². The molecule has 0 aliphatic carbocycles. The molecule has 0 saturated heterocycles. The minimum atomic E-state index is -0.592. The molecule has 0 unspecified atom stereocenters. The van der Waals surface area contributed by atoms with Crippen molar-refractivity contribution in [1.82, 2.24) is 0 Å². The molecule has 2 aromatic carbocycles. The molecule has 0 aliphatic rings. The van der Waals surface area contributed by atoms with Crippen LogP contribution >= 0.6 is 11.6 Å². The number of carbonyl (C=O) groups excluding carboxylic acids is 1. The van der Waals surface area contributed by atoms with Crippen LogP contribution in [-0.4, -0.2) is 20.1 Å². The van der Waals surface area contributed by atoms with E-state index in [0.717, 1.165) is 0 Å². The summed E-state index contributed by atoms with van der Waals surface area (Å²) in [7, 11) is 3.01. The van der Waals surface area contributed by atoms with Gasteiger partial charge in [-0.2, -0.15) is 5.26 Å². The van der Waals surface area contributed by atoms with Crippen molar-refractivity contribution < 1.29 is 14.3 Å². The third-order valence-electron chi connectivity index (χ3n) is 3.25. The van der Waals surface area contributed by atoms with Crippen molar-refractivity contribution in [3.63, 3.8) is 0 Å². The third kappa shape index (κ3) is 4.66. The van der Waals surface area contributed by atoms with E-state index in [4.69, 9.17) is 21.1 Å². The fraction of sp³-hybridized carbons (Fsp3) is 0.111. The Balaban J connectivity index is 2.19. The van der Waals surface area contributed by atoms with Gasteiger partial charge in [-0.25, -0.2) is 0 Å². The summed E-state index contributed by atoms with van der Waals surface area (Å²) in [4.78, 5) is 12.3. The van der Waals surface area contributed by atoms with E-state index in [1.807, 2.05) is 18.2 Å². The molecule has 0 atom stereocenters. The van der Waals surface area contributed by atoms with Gasteiger partial charge in [0.1, 0.15) is 23.1 Å². The lowest BCUT2D eigenvalue weighted by Gasteiger charge is -2.11. The Morgan fingerprint density at radius 2 is 1.80 bits per heavy atom. The first-order valence-corrected chi connectivity index (χ1v) is 7.61. The molecule has 0 radical (unpaired) electrons. The van der Waals surface area contributed by atoms with Gasteiger partial charge in [0.2, 0.25) is 0 Å². The molecule has 0 saturated carbocycles. The summed E-state index contributed by atoms with van der Waals surface area (Å²) in [6.45, 7) is 0. The minimum Gasteiger partial charge on any atom is -0.495 e. The Bertz CT molecular complexity index is 844. The molecule has 0 heterocycles. The molecule has 0 bridgehead atoms. The number of rotatable bonds is 6. The second kappa shape index (κ2) is 8.62. The smallest absolute Gasteiger partial charge is 0.267 e. The fourth-order valence-corrected chi connectivity index (χ4v) is 2.20. The molecular weight excluding hydrogens is 342 g/mol. The number of benzene rings is 2. The van der Waals surface area contributed by atoms with Crippen LogP contribution in [0, 0.1) is 11.3 Å². The average molecular weight is 358 g/mol. The number of carbonyl (C=O) groups is 1. The van der Waals surface area contributed by atoms with Crippen molar-refractivity contribution >= 4 is 28.9 Å². The first-order valence-electron chi connectivity index (χ1n) is 7.23. The Morgan fingerprint density at radius 3 is 2.48 bits per heavy atom. The number of halogens is 1. The van der Waals surface area contributed by atoms with Gasteiger partial charge in [0.25, 0.3) is 5.91 Å². The van der Waals surface area contributed by atoms with E-state index in [1.54, 1.807) is 30.3 Å².